The number of amides is 2. The van der Waals surface area contributed by atoms with E-state index in [2.05, 4.69) is 0 Å². The van der Waals surface area contributed by atoms with Gasteiger partial charge in [-0.25, -0.2) is 0 Å². The van der Waals surface area contributed by atoms with E-state index in [1.165, 1.54) is 16.1 Å². The zero-order valence-corrected chi connectivity index (χ0v) is 14.1. The first kappa shape index (κ1) is 18.7. The molecule has 0 saturated carbocycles. The number of hydrogen-bond donors (Lipinski definition) is 0. The van der Waals surface area contributed by atoms with E-state index in [0.29, 0.717) is 6.07 Å². The first-order valence-corrected chi connectivity index (χ1v) is 8.14. The van der Waals surface area contributed by atoms with Gasteiger partial charge in [-0.05, 0) is 24.3 Å². The van der Waals surface area contributed by atoms with Crippen LogP contribution in [0.1, 0.15) is 16.1 Å². The Labute approximate surface area is 151 Å². The SMILES string of the molecule is O=C(Cn1cccc(C(F)(F)F)c1=O)N1CCN(C(=O)c2ccco2)CC1. The molecule has 0 aliphatic carbocycles. The highest BCUT2D eigenvalue weighted by molar-refractivity contribution is 5.91. The van der Waals surface area contributed by atoms with Gasteiger partial charge in [0.1, 0.15) is 12.1 Å². The van der Waals surface area contributed by atoms with Gasteiger partial charge in [0.25, 0.3) is 11.5 Å². The number of pyridine rings is 1. The van der Waals surface area contributed by atoms with Gasteiger partial charge in [0.05, 0.1) is 6.26 Å². The van der Waals surface area contributed by atoms with Crippen molar-refractivity contribution in [2.45, 2.75) is 12.7 Å². The summed E-state index contributed by atoms with van der Waals surface area (Å²) >= 11 is 0. The van der Waals surface area contributed by atoms with Crippen molar-refractivity contribution in [2.24, 2.45) is 0 Å². The Hall–Kier alpha value is -3.04. The summed E-state index contributed by atoms with van der Waals surface area (Å²) in [5.74, 6) is -0.576. The van der Waals surface area contributed by atoms with E-state index in [1.807, 2.05) is 0 Å². The molecule has 3 heterocycles. The maximum absolute atomic E-state index is 12.8. The van der Waals surface area contributed by atoms with Crippen molar-refractivity contribution < 1.29 is 27.2 Å². The van der Waals surface area contributed by atoms with Crippen LogP contribution in [-0.4, -0.2) is 52.4 Å². The van der Waals surface area contributed by atoms with Crippen LogP contribution in [0.4, 0.5) is 13.2 Å². The molecular weight excluding hydrogens is 367 g/mol. The number of rotatable bonds is 3. The van der Waals surface area contributed by atoms with Gasteiger partial charge in [0.2, 0.25) is 5.91 Å². The molecule has 1 aliphatic rings. The average molecular weight is 383 g/mol. The Kier molecular flexibility index (Phi) is 5.06. The van der Waals surface area contributed by atoms with E-state index < -0.39 is 29.8 Å². The quantitative estimate of drug-likeness (QED) is 0.804. The van der Waals surface area contributed by atoms with Crippen LogP contribution in [0.2, 0.25) is 0 Å². The molecule has 27 heavy (non-hydrogen) atoms. The first-order valence-electron chi connectivity index (χ1n) is 8.14. The third-order valence-corrected chi connectivity index (χ3v) is 4.28. The zero-order chi connectivity index (χ0) is 19.6. The summed E-state index contributed by atoms with van der Waals surface area (Å²) in [4.78, 5) is 39.4. The van der Waals surface area contributed by atoms with E-state index in [4.69, 9.17) is 4.42 Å². The zero-order valence-electron chi connectivity index (χ0n) is 14.1. The van der Waals surface area contributed by atoms with E-state index in [1.54, 1.807) is 12.1 Å². The van der Waals surface area contributed by atoms with Gasteiger partial charge in [0, 0.05) is 32.4 Å². The molecule has 2 aromatic rings. The third-order valence-electron chi connectivity index (χ3n) is 4.28. The van der Waals surface area contributed by atoms with Crippen LogP contribution in [0.25, 0.3) is 0 Å². The number of piperazine rings is 1. The van der Waals surface area contributed by atoms with Crippen molar-refractivity contribution in [1.82, 2.24) is 14.4 Å². The lowest BCUT2D eigenvalue weighted by atomic mass is 10.2. The molecule has 10 heteroatoms. The number of hydrogen-bond acceptors (Lipinski definition) is 4. The predicted octanol–water partition coefficient (Wildman–Crippen LogP) is 1.44. The summed E-state index contributed by atoms with van der Waals surface area (Å²) in [6.07, 6.45) is -2.24. The number of furan rings is 1. The molecule has 1 fully saturated rings. The van der Waals surface area contributed by atoms with Crippen LogP contribution in [-0.2, 0) is 17.5 Å². The summed E-state index contributed by atoms with van der Waals surface area (Å²) in [6, 6.07) is 4.90. The third kappa shape index (κ3) is 4.04. The summed E-state index contributed by atoms with van der Waals surface area (Å²) in [7, 11) is 0. The van der Waals surface area contributed by atoms with Crippen molar-refractivity contribution in [2.75, 3.05) is 26.2 Å². The summed E-state index contributed by atoms with van der Waals surface area (Å²) in [5.41, 5.74) is -2.57. The highest BCUT2D eigenvalue weighted by Gasteiger charge is 2.34. The fourth-order valence-electron chi connectivity index (χ4n) is 2.84. The fraction of sp³-hybridized carbons (Fsp3) is 0.353. The lowest BCUT2D eigenvalue weighted by molar-refractivity contribution is -0.139. The molecule has 0 radical (unpaired) electrons. The van der Waals surface area contributed by atoms with Gasteiger partial charge in [-0.3, -0.25) is 14.4 Å². The summed E-state index contributed by atoms with van der Waals surface area (Å²) in [6.45, 7) is 0.485. The maximum Gasteiger partial charge on any atom is 0.421 e. The van der Waals surface area contributed by atoms with Gasteiger partial charge in [-0.2, -0.15) is 13.2 Å². The Bertz CT molecular complexity index is 882. The number of nitrogens with zero attached hydrogens (tertiary/aromatic N) is 3. The molecular formula is C17H16F3N3O4. The first-order chi connectivity index (χ1) is 12.8. The van der Waals surface area contributed by atoms with E-state index >= 15 is 0 Å². The molecule has 0 aromatic carbocycles. The number of carbonyl (C=O) groups is 2. The highest BCUT2D eigenvalue weighted by atomic mass is 19.4. The highest BCUT2D eigenvalue weighted by Crippen LogP contribution is 2.26. The van der Waals surface area contributed by atoms with Crippen LogP contribution in [0.5, 0.6) is 0 Å². The molecule has 0 N–H and O–H groups in total. The Morgan fingerprint density at radius 3 is 2.30 bits per heavy atom. The van der Waals surface area contributed by atoms with Gasteiger partial charge >= 0.3 is 6.18 Å². The predicted molar refractivity (Wildman–Crippen MR) is 86.9 cm³/mol. The van der Waals surface area contributed by atoms with Gasteiger partial charge < -0.3 is 18.8 Å². The lowest BCUT2D eigenvalue weighted by Crippen LogP contribution is -2.51. The average Bonchev–Trinajstić information content (AvgIpc) is 3.16. The fourth-order valence-corrected chi connectivity index (χ4v) is 2.84. The second-order valence-electron chi connectivity index (χ2n) is 6.00. The Morgan fingerprint density at radius 2 is 1.70 bits per heavy atom. The molecule has 0 atom stereocenters. The van der Waals surface area contributed by atoms with Crippen LogP contribution >= 0.6 is 0 Å². The second-order valence-corrected chi connectivity index (χ2v) is 6.00. The summed E-state index contributed by atoms with van der Waals surface area (Å²) in [5, 5.41) is 0. The lowest BCUT2D eigenvalue weighted by Gasteiger charge is -2.34. The van der Waals surface area contributed by atoms with Gasteiger partial charge in [-0.15, -0.1) is 0 Å². The minimum atomic E-state index is -4.78. The monoisotopic (exact) mass is 383 g/mol. The topological polar surface area (TPSA) is 75.8 Å². The van der Waals surface area contributed by atoms with Crippen molar-refractivity contribution in [1.29, 1.82) is 0 Å². The normalized spacial score (nSPS) is 15.1. The Balaban J connectivity index is 1.62. The molecule has 144 valence electrons. The standard InChI is InChI=1S/C17H16F3N3O4/c18-17(19,20)12-3-1-5-23(15(12)25)11-14(24)21-6-8-22(9-7-21)16(26)13-4-2-10-27-13/h1-5,10H,6-9,11H2. The molecule has 3 rings (SSSR count). The molecule has 2 aromatic heterocycles. The minimum Gasteiger partial charge on any atom is -0.459 e. The minimum absolute atomic E-state index is 0.199. The molecule has 0 bridgehead atoms. The molecule has 0 unspecified atom stereocenters. The smallest absolute Gasteiger partial charge is 0.421 e. The largest absolute Gasteiger partial charge is 0.459 e. The van der Waals surface area contributed by atoms with E-state index in [-0.39, 0.29) is 37.8 Å². The number of aromatic nitrogens is 1. The Morgan fingerprint density at radius 1 is 1.04 bits per heavy atom. The van der Waals surface area contributed by atoms with Gasteiger partial charge in [0.15, 0.2) is 5.76 Å². The second kappa shape index (κ2) is 7.29. The summed E-state index contributed by atoms with van der Waals surface area (Å²) < 4.78 is 44.2. The van der Waals surface area contributed by atoms with E-state index in [9.17, 15) is 27.6 Å². The van der Waals surface area contributed by atoms with Crippen LogP contribution in [0.3, 0.4) is 0 Å². The van der Waals surface area contributed by atoms with Crippen LogP contribution < -0.4 is 5.56 Å². The number of carbonyl (C=O) groups excluding carboxylic acids is 2. The van der Waals surface area contributed by atoms with Crippen LogP contribution in [0.15, 0.2) is 45.9 Å². The van der Waals surface area contributed by atoms with Crippen LogP contribution in [0, 0.1) is 0 Å². The molecule has 1 aliphatic heterocycles. The number of halogens is 3. The van der Waals surface area contributed by atoms with Crippen molar-refractivity contribution in [3.8, 4) is 0 Å². The van der Waals surface area contributed by atoms with Crippen molar-refractivity contribution in [3.63, 3.8) is 0 Å². The molecule has 1 saturated heterocycles. The van der Waals surface area contributed by atoms with Gasteiger partial charge in [-0.1, -0.05) is 0 Å². The molecule has 7 nitrogen and oxygen atoms in total. The maximum atomic E-state index is 12.8. The molecule has 0 spiro atoms. The molecule has 2 amide bonds. The van der Waals surface area contributed by atoms with E-state index in [0.717, 1.165) is 16.8 Å². The van der Waals surface area contributed by atoms with Crippen molar-refractivity contribution >= 4 is 11.8 Å². The van der Waals surface area contributed by atoms with Crippen molar-refractivity contribution in [3.05, 3.63) is 58.4 Å². The number of alkyl halides is 3.